The summed E-state index contributed by atoms with van der Waals surface area (Å²) in [6.07, 6.45) is 1.14. The molecule has 0 spiro atoms. The molecule has 0 aliphatic rings. The summed E-state index contributed by atoms with van der Waals surface area (Å²) < 4.78 is 28.5. The predicted molar refractivity (Wildman–Crippen MR) is 49.2 cm³/mol. The smallest absolute Gasteiger partial charge is 0.392 e. The minimum atomic E-state index is -5.09. The number of aliphatic hydroxyl groups excluding tert-OH is 1. The Labute approximate surface area is 86.0 Å². The molecule has 0 aromatic heterocycles. The molecule has 8 nitrogen and oxygen atoms in total. The van der Waals surface area contributed by atoms with E-state index in [1.165, 1.54) is 6.92 Å². The van der Waals surface area contributed by atoms with Crippen molar-refractivity contribution in [2.45, 2.75) is 6.92 Å². The fraction of sp³-hybridized carbons (Fsp3) is 0.400. The van der Waals surface area contributed by atoms with E-state index >= 15 is 0 Å². The average Bonchev–Trinajstić information content (AvgIpc) is 1.98. The normalized spacial score (nSPS) is 17.5. The first kappa shape index (κ1) is 15.0. The Morgan fingerprint density at radius 2 is 1.87 bits per heavy atom. The molecule has 0 aromatic carbocycles. The summed E-state index contributed by atoms with van der Waals surface area (Å²) in [5.41, 5.74) is 0.422. The molecule has 0 saturated carbocycles. The van der Waals surface area contributed by atoms with Crippen LogP contribution in [0.1, 0.15) is 6.92 Å². The van der Waals surface area contributed by atoms with E-state index in [-0.39, 0.29) is 6.61 Å². The van der Waals surface area contributed by atoms with Crippen LogP contribution >= 0.6 is 15.6 Å². The van der Waals surface area contributed by atoms with Gasteiger partial charge in [-0.25, -0.2) is 9.13 Å². The fourth-order valence-electron chi connectivity index (χ4n) is 0.430. The standard InChI is InChI=1S/C5H11O8P2/c1-5(4-6)2-3-12-15(10,11)13-14(7,8)9/h2-3,6H,4H2,1H3,(H,10,11)(H2,7,8,9)/b5-2-. The zero-order valence-electron chi connectivity index (χ0n) is 7.68. The first-order valence-electron chi connectivity index (χ1n) is 3.54. The van der Waals surface area contributed by atoms with Crippen LogP contribution in [0.3, 0.4) is 0 Å². The van der Waals surface area contributed by atoms with E-state index < -0.39 is 15.6 Å². The van der Waals surface area contributed by atoms with Crippen molar-refractivity contribution < 1.29 is 37.8 Å². The molecular weight excluding hydrogens is 250 g/mol. The van der Waals surface area contributed by atoms with Crippen molar-refractivity contribution in [1.82, 2.24) is 0 Å². The number of phosphoric acid groups is 2. The van der Waals surface area contributed by atoms with Crippen molar-refractivity contribution >= 4 is 15.6 Å². The Morgan fingerprint density at radius 1 is 1.33 bits per heavy atom. The lowest BCUT2D eigenvalue weighted by molar-refractivity contribution is 0.208. The average molecular weight is 261 g/mol. The number of hydrogen-bond donors (Lipinski definition) is 4. The van der Waals surface area contributed by atoms with Gasteiger partial charge in [0.25, 0.3) is 0 Å². The number of hydrogen-bond acceptors (Lipinski definition) is 5. The van der Waals surface area contributed by atoms with Crippen molar-refractivity contribution in [3.63, 3.8) is 0 Å². The molecule has 0 amide bonds. The molecule has 0 aliphatic carbocycles. The molecular formula is C5H11O8P2. The van der Waals surface area contributed by atoms with E-state index in [1.54, 1.807) is 0 Å². The molecule has 15 heavy (non-hydrogen) atoms. The third-order valence-electron chi connectivity index (χ3n) is 1.01. The number of rotatable bonds is 6. The van der Waals surface area contributed by atoms with E-state index in [2.05, 4.69) is 8.83 Å². The maximum absolute atomic E-state index is 10.8. The predicted octanol–water partition coefficient (Wildman–Crippen LogP) is 0.313. The Morgan fingerprint density at radius 3 is 2.27 bits per heavy atom. The van der Waals surface area contributed by atoms with Crippen LogP contribution in [0.2, 0.25) is 0 Å². The van der Waals surface area contributed by atoms with Gasteiger partial charge in [0, 0.05) is 0 Å². The van der Waals surface area contributed by atoms with Crippen LogP contribution in [-0.2, 0) is 18.0 Å². The van der Waals surface area contributed by atoms with Crippen LogP contribution in [0.4, 0.5) is 0 Å². The monoisotopic (exact) mass is 261 g/mol. The van der Waals surface area contributed by atoms with Crippen molar-refractivity contribution in [2.24, 2.45) is 0 Å². The Kier molecular flexibility index (Phi) is 5.87. The third kappa shape index (κ3) is 8.92. The molecule has 4 N–H and O–H groups in total. The Bertz CT molecular complexity index is 317. The van der Waals surface area contributed by atoms with Crippen molar-refractivity contribution in [1.29, 1.82) is 0 Å². The topological polar surface area (TPSA) is 134 Å². The molecule has 0 bridgehead atoms. The van der Waals surface area contributed by atoms with Gasteiger partial charge < -0.3 is 19.8 Å². The summed E-state index contributed by atoms with van der Waals surface area (Å²) in [4.78, 5) is 25.2. The van der Waals surface area contributed by atoms with Gasteiger partial charge in [-0.2, -0.15) is 4.31 Å². The highest BCUT2D eigenvalue weighted by Crippen LogP contribution is 2.57. The van der Waals surface area contributed by atoms with E-state index in [0.717, 1.165) is 6.08 Å². The molecule has 0 aromatic rings. The first-order valence-corrected chi connectivity index (χ1v) is 6.57. The Balaban J connectivity index is 4.18. The second-order valence-corrected chi connectivity index (χ2v) is 5.24. The number of aliphatic hydroxyl groups is 1. The maximum atomic E-state index is 10.8. The molecule has 0 aliphatic heterocycles. The minimum absolute atomic E-state index is 0.283. The molecule has 89 valence electrons. The van der Waals surface area contributed by atoms with Gasteiger partial charge in [-0.05, 0) is 12.5 Å². The van der Waals surface area contributed by atoms with Crippen LogP contribution in [0.5, 0.6) is 0 Å². The SMILES string of the molecule is C/C(=C/[CH]OP(=O)(O)OP(=O)(O)O)CO. The van der Waals surface area contributed by atoms with Crippen LogP contribution in [0.15, 0.2) is 11.6 Å². The van der Waals surface area contributed by atoms with Gasteiger partial charge in [0.1, 0.15) is 6.61 Å². The van der Waals surface area contributed by atoms with Gasteiger partial charge in [-0.3, -0.25) is 4.52 Å². The van der Waals surface area contributed by atoms with E-state index in [4.69, 9.17) is 19.8 Å². The lowest BCUT2D eigenvalue weighted by Gasteiger charge is -2.10. The molecule has 0 saturated heterocycles. The van der Waals surface area contributed by atoms with Gasteiger partial charge in [-0.15, -0.1) is 0 Å². The number of phosphoric ester groups is 1. The van der Waals surface area contributed by atoms with Crippen molar-refractivity contribution in [3.05, 3.63) is 18.3 Å². The second kappa shape index (κ2) is 5.89. The molecule has 0 rings (SSSR count). The summed E-state index contributed by atoms with van der Waals surface area (Å²) >= 11 is 0. The summed E-state index contributed by atoms with van der Waals surface area (Å²) in [6, 6.07) is 0. The highest BCUT2D eigenvalue weighted by molar-refractivity contribution is 7.60. The molecule has 0 heterocycles. The maximum Gasteiger partial charge on any atom is 0.481 e. The first-order chi connectivity index (χ1) is 6.66. The molecule has 1 radical (unpaired) electrons. The van der Waals surface area contributed by atoms with Gasteiger partial charge in [0.15, 0.2) is 0 Å². The molecule has 10 heteroatoms. The summed E-state index contributed by atoms with van der Waals surface area (Å²) in [5, 5.41) is 8.52. The van der Waals surface area contributed by atoms with E-state index in [9.17, 15) is 9.13 Å². The van der Waals surface area contributed by atoms with E-state index in [1.807, 2.05) is 0 Å². The van der Waals surface area contributed by atoms with Crippen LogP contribution in [0, 0.1) is 6.61 Å². The van der Waals surface area contributed by atoms with Gasteiger partial charge >= 0.3 is 15.6 Å². The third-order valence-corrected chi connectivity index (χ3v) is 3.07. The lowest BCUT2D eigenvalue weighted by atomic mass is 10.3. The fourth-order valence-corrected chi connectivity index (χ4v) is 1.87. The highest BCUT2D eigenvalue weighted by Gasteiger charge is 2.31. The summed E-state index contributed by atoms with van der Waals surface area (Å²) in [7, 11) is -9.91. The quantitative estimate of drug-likeness (QED) is 0.502. The van der Waals surface area contributed by atoms with Gasteiger partial charge in [-0.1, -0.05) is 6.08 Å². The van der Waals surface area contributed by atoms with E-state index in [0.29, 0.717) is 12.2 Å². The second-order valence-electron chi connectivity index (χ2n) is 2.45. The zero-order chi connectivity index (χ0) is 12.1. The molecule has 0 fully saturated rings. The zero-order valence-corrected chi connectivity index (χ0v) is 9.47. The van der Waals surface area contributed by atoms with Gasteiger partial charge in [0.05, 0.1) is 6.61 Å². The molecule has 1 unspecified atom stereocenters. The highest BCUT2D eigenvalue weighted by atomic mass is 31.3. The summed E-state index contributed by atoms with van der Waals surface area (Å²) in [5.74, 6) is 0. The lowest BCUT2D eigenvalue weighted by Crippen LogP contribution is -1.92. The van der Waals surface area contributed by atoms with Crippen molar-refractivity contribution in [3.8, 4) is 0 Å². The van der Waals surface area contributed by atoms with Crippen LogP contribution in [-0.4, -0.2) is 26.4 Å². The van der Waals surface area contributed by atoms with Crippen molar-refractivity contribution in [2.75, 3.05) is 6.61 Å². The van der Waals surface area contributed by atoms with Crippen LogP contribution in [0.25, 0.3) is 0 Å². The summed E-state index contributed by atoms with van der Waals surface area (Å²) in [6.45, 7) is 1.92. The van der Waals surface area contributed by atoms with Crippen LogP contribution < -0.4 is 0 Å². The Hall–Kier alpha value is -0.0400. The largest absolute Gasteiger partial charge is 0.481 e. The van der Waals surface area contributed by atoms with Gasteiger partial charge in [0.2, 0.25) is 0 Å². The molecule has 1 atom stereocenters. The minimum Gasteiger partial charge on any atom is -0.392 e.